The zero-order valence-electron chi connectivity index (χ0n) is 24.2. The van der Waals surface area contributed by atoms with Crippen molar-refractivity contribution in [1.82, 2.24) is 0 Å². The first-order chi connectivity index (χ1) is 21.3. The Kier molecular flexibility index (Phi) is 10.3. The zero-order chi connectivity index (χ0) is 29.2. The largest absolute Gasteiger partial charge is 0.374 e. The van der Waals surface area contributed by atoms with Crippen LogP contribution < -0.4 is 0 Å². The first kappa shape index (κ1) is 29.7. The molecule has 0 unspecified atom stereocenters. The van der Waals surface area contributed by atoms with Crippen LogP contribution in [-0.2, 0) is 59.6 Å². The fourth-order valence-corrected chi connectivity index (χ4v) is 5.44. The van der Waals surface area contributed by atoms with E-state index in [-0.39, 0.29) is 6.61 Å². The molecule has 0 aromatic heterocycles. The second-order valence-electron chi connectivity index (χ2n) is 10.7. The summed E-state index contributed by atoms with van der Waals surface area (Å²) in [6, 6.07) is 40.2. The molecule has 43 heavy (non-hydrogen) atoms. The molecule has 0 aliphatic carbocycles. The maximum Gasteiger partial charge on any atom is 0.314 e. The van der Waals surface area contributed by atoms with Gasteiger partial charge in [-0.15, -0.1) is 0 Å². The summed E-state index contributed by atoms with van der Waals surface area (Å²) >= 11 is 0. The van der Waals surface area contributed by atoms with Crippen molar-refractivity contribution in [2.45, 2.75) is 56.8 Å². The Morgan fingerprint density at radius 1 is 0.512 bits per heavy atom. The molecule has 4 aromatic carbocycles. The molecule has 0 amide bonds. The lowest BCUT2D eigenvalue weighted by Gasteiger charge is -2.49. The van der Waals surface area contributed by atoms with Gasteiger partial charge in [-0.2, -0.15) is 0 Å². The fraction of sp³-hybridized carbons (Fsp3) is 0.333. The highest BCUT2D eigenvalue weighted by molar-refractivity contribution is 5.16. The van der Waals surface area contributed by atoms with E-state index in [2.05, 4.69) is 0 Å². The summed E-state index contributed by atoms with van der Waals surface area (Å²) in [6.45, 7) is 2.50. The van der Waals surface area contributed by atoms with Crippen molar-refractivity contribution in [3.63, 3.8) is 0 Å². The second kappa shape index (κ2) is 14.9. The van der Waals surface area contributed by atoms with E-state index in [1.54, 1.807) is 0 Å². The van der Waals surface area contributed by atoms with Gasteiger partial charge in [-0.3, -0.25) is 0 Å². The summed E-state index contributed by atoms with van der Waals surface area (Å²) in [6.07, 6.45) is -2.42. The van der Waals surface area contributed by atoms with Crippen LogP contribution in [0.1, 0.15) is 22.3 Å². The van der Waals surface area contributed by atoms with Gasteiger partial charge >= 0.3 is 5.97 Å². The molecule has 2 saturated heterocycles. The molecule has 1 spiro atoms. The third-order valence-corrected chi connectivity index (χ3v) is 7.58. The molecular formula is C36H38O7. The van der Waals surface area contributed by atoms with Crippen LogP contribution in [0.5, 0.6) is 0 Å². The van der Waals surface area contributed by atoms with E-state index in [9.17, 15) is 0 Å². The van der Waals surface area contributed by atoms with Crippen molar-refractivity contribution in [3.05, 3.63) is 144 Å². The molecule has 2 fully saturated rings. The molecule has 224 valence electrons. The quantitative estimate of drug-likeness (QED) is 0.190. The average molecular weight is 583 g/mol. The highest BCUT2D eigenvalue weighted by atomic mass is 16.9. The van der Waals surface area contributed by atoms with E-state index < -0.39 is 30.4 Å². The minimum Gasteiger partial charge on any atom is -0.374 e. The molecule has 0 bridgehead atoms. The molecule has 6 rings (SSSR count). The summed E-state index contributed by atoms with van der Waals surface area (Å²) < 4.78 is 45.2. The maximum absolute atomic E-state index is 6.71. The van der Waals surface area contributed by atoms with Gasteiger partial charge in [0, 0.05) is 0 Å². The van der Waals surface area contributed by atoms with Gasteiger partial charge in [-0.25, -0.2) is 0 Å². The van der Waals surface area contributed by atoms with Gasteiger partial charge in [0.05, 0.1) is 46.2 Å². The summed E-state index contributed by atoms with van der Waals surface area (Å²) in [5, 5.41) is 0. The van der Waals surface area contributed by atoms with E-state index in [0.29, 0.717) is 39.6 Å². The van der Waals surface area contributed by atoms with Crippen molar-refractivity contribution in [2.24, 2.45) is 0 Å². The first-order valence-corrected chi connectivity index (χ1v) is 14.8. The van der Waals surface area contributed by atoms with Crippen LogP contribution in [0.15, 0.2) is 121 Å². The van der Waals surface area contributed by atoms with Crippen LogP contribution in [0.4, 0.5) is 0 Å². The Balaban J connectivity index is 1.29. The molecule has 2 aliphatic rings. The maximum atomic E-state index is 6.71. The Hall–Kier alpha value is -3.40. The minimum absolute atomic E-state index is 0.249. The minimum atomic E-state index is -1.45. The molecule has 7 heteroatoms. The third-order valence-electron chi connectivity index (χ3n) is 7.58. The number of hydrogen-bond acceptors (Lipinski definition) is 7. The molecule has 0 N–H and O–H groups in total. The van der Waals surface area contributed by atoms with Crippen LogP contribution in [0, 0.1) is 0 Å². The topological polar surface area (TPSA) is 64.6 Å². The summed E-state index contributed by atoms with van der Waals surface area (Å²) in [7, 11) is 0. The SMILES string of the molecule is c1ccc(COC[C@H]2OC3(OCCO3)[C@H](OCc3ccccc3)[C@@H](OCc3ccccc3)[C@@H]2OCc2ccccc2)cc1. The van der Waals surface area contributed by atoms with Gasteiger partial charge in [-0.05, 0) is 22.3 Å². The monoisotopic (exact) mass is 582 g/mol. The Labute approximate surface area is 253 Å². The molecule has 4 atom stereocenters. The van der Waals surface area contributed by atoms with Crippen LogP contribution in [0.2, 0.25) is 0 Å². The van der Waals surface area contributed by atoms with Crippen molar-refractivity contribution >= 4 is 0 Å². The van der Waals surface area contributed by atoms with Gasteiger partial charge in [0.15, 0.2) is 6.10 Å². The molecular weight excluding hydrogens is 544 g/mol. The van der Waals surface area contributed by atoms with Gasteiger partial charge in [0.2, 0.25) is 0 Å². The summed E-state index contributed by atoms with van der Waals surface area (Å²) in [5.41, 5.74) is 4.18. The highest BCUT2D eigenvalue weighted by Crippen LogP contribution is 2.40. The predicted octanol–water partition coefficient (Wildman–Crippen LogP) is 6.06. The van der Waals surface area contributed by atoms with E-state index in [4.69, 9.17) is 33.2 Å². The van der Waals surface area contributed by atoms with Crippen molar-refractivity contribution in [2.75, 3.05) is 19.8 Å². The lowest BCUT2D eigenvalue weighted by molar-refractivity contribution is -0.442. The smallest absolute Gasteiger partial charge is 0.314 e. The van der Waals surface area contributed by atoms with Gasteiger partial charge in [0.25, 0.3) is 0 Å². The van der Waals surface area contributed by atoms with E-state index in [0.717, 1.165) is 22.3 Å². The van der Waals surface area contributed by atoms with Gasteiger partial charge < -0.3 is 33.2 Å². The lowest BCUT2D eigenvalue weighted by Crippen LogP contribution is -2.67. The average Bonchev–Trinajstić information content (AvgIpc) is 3.53. The number of rotatable bonds is 13. The molecule has 7 nitrogen and oxygen atoms in total. The number of hydrogen-bond donors (Lipinski definition) is 0. The van der Waals surface area contributed by atoms with Gasteiger partial charge in [0.1, 0.15) is 18.3 Å². The van der Waals surface area contributed by atoms with Crippen molar-refractivity contribution in [1.29, 1.82) is 0 Å². The van der Waals surface area contributed by atoms with Crippen molar-refractivity contribution in [3.8, 4) is 0 Å². The fourth-order valence-electron chi connectivity index (χ4n) is 5.44. The predicted molar refractivity (Wildman–Crippen MR) is 161 cm³/mol. The Morgan fingerprint density at radius 2 is 0.930 bits per heavy atom. The van der Waals surface area contributed by atoms with E-state index in [1.165, 1.54) is 0 Å². The molecule has 2 aliphatic heterocycles. The lowest BCUT2D eigenvalue weighted by atomic mass is 9.96. The van der Waals surface area contributed by atoms with Gasteiger partial charge in [-0.1, -0.05) is 121 Å². The van der Waals surface area contributed by atoms with Crippen molar-refractivity contribution < 1.29 is 33.2 Å². The number of ether oxygens (including phenoxy) is 7. The third kappa shape index (κ3) is 7.77. The molecule has 0 saturated carbocycles. The van der Waals surface area contributed by atoms with E-state index >= 15 is 0 Å². The molecule has 4 aromatic rings. The van der Waals surface area contributed by atoms with Crippen LogP contribution in [0.3, 0.4) is 0 Å². The number of benzene rings is 4. The molecule has 2 heterocycles. The zero-order valence-corrected chi connectivity index (χ0v) is 24.2. The summed E-state index contributed by atoms with van der Waals surface area (Å²) in [4.78, 5) is 0. The highest BCUT2D eigenvalue weighted by Gasteiger charge is 2.61. The second-order valence-corrected chi connectivity index (χ2v) is 10.7. The van der Waals surface area contributed by atoms with Crippen LogP contribution >= 0.6 is 0 Å². The summed E-state index contributed by atoms with van der Waals surface area (Å²) in [5.74, 6) is -1.45. The van der Waals surface area contributed by atoms with E-state index in [1.807, 2.05) is 121 Å². The first-order valence-electron chi connectivity index (χ1n) is 14.8. The molecule has 0 radical (unpaired) electrons. The van der Waals surface area contributed by atoms with Crippen LogP contribution in [-0.4, -0.2) is 50.2 Å². The standard InChI is InChI=1S/C36H38O7/c1-5-13-28(14-6-1)23-37-27-32-33(38-24-29-15-7-2-8-16-29)34(39-25-30-17-9-3-10-18-30)35(36(43-32)41-21-22-42-36)40-26-31-19-11-4-12-20-31/h1-20,32-35H,21-27H2/t32-,33-,34+,35-/m1/s1. The van der Waals surface area contributed by atoms with Crippen LogP contribution in [0.25, 0.3) is 0 Å². The normalized spacial score (nSPS) is 23.0. The Bertz CT molecular complexity index is 1350. The Morgan fingerprint density at radius 3 is 1.42 bits per heavy atom.